The van der Waals surface area contributed by atoms with E-state index in [0.29, 0.717) is 17.8 Å². The Balaban J connectivity index is 1.53. The van der Waals surface area contributed by atoms with E-state index in [9.17, 15) is 24.8 Å². The zero-order valence-corrected chi connectivity index (χ0v) is 18.9. The minimum atomic E-state index is -1.23. The first-order valence-corrected chi connectivity index (χ1v) is 11.7. The summed E-state index contributed by atoms with van der Waals surface area (Å²) in [5.74, 6) is -2.58. The maximum absolute atomic E-state index is 14.0. The molecule has 0 aromatic heterocycles. The van der Waals surface area contributed by atoms with Crippen LogP contribution in [0.1, 0.15) is 36.5 Å². The predicted octanol–water partition coefficient (Wildman–Crippen LogP) is 2.68. The normalized spacial score (nSPS) is 29.6. The number of nitrogens with one attached hydrogen (secondary N) is 1. The predicted molar refractivity (Wildman–Crippen MR) is 124 cm³/mol. The standard InChI is InChI=1S/C25H25N4O5/c1-3-14-7-9-17-16(11-14)25(24(32)26-17)21-20(18-5-4-10-27(18)25)22(30)28(23(21)31)15-8-6-13(2)19(12-15)29(33)34/h6-9,11-12,18,20-21,33H,3-5,10H2,1-2H3,(H,26,32)/q-1/t18-,20+,21-,25+/m0/s1. The highest BCUT2D eigenvalue weighted by Gasteiger charge is 2.74. The Labute approximate surface area is 196 Å². The van der Waals surface area contributed by atoms with E-state index >= 15 is 0 Å². The van der Waals surface area contributed by atoms with Crippen molar-refractivity contribution < 1.29 is 19.6 Å². The number of fused-ring (bicyclic) bond motifs is 7. The smallest absolute Gasteiger partial charge is 0.250 e. The molecule has 2 aromatic rings. The van der Waals surface area contributed by atoms with Crippen molar-refractivity contribution in [1.82, 2.24) is 4.90 Å². The van der Waals surface area contributed by atoms with Gasteiger partial charge in [0.15, 0.2) is 0 Å². The van der Waals surface area contributed by atoms with Crippen LogP contribution in [-0.2, 0) is 26.3 Å². The largest absolute Gasteiger partial charge is 0.733 e. The lowest BCUT2D eigenvalue weighted by molar-refractivity contribution is -0.135. The van der Waals surface area contributed by atoms with Crippen LogP contribution >= 0.6 is 0 Å². The van der Waals surface area contributed by atoms with Gasteiger partial charge in [-0.05, 0) is 62.1 Å². The van der Waals surface area contributed by atoms with Crippen molar-refractivity contribution in [2.24, 2.45) is 11.8 Å². The van der Waals surface area contributed by atoms with Crippen LogP contribution in [-0.4, -0.2) is 40.4 Å². The number of rotatable bonds is 3. The lowest BCUT2D eigenvalue weighted by Gasteiger charge is -2.37. The van der Waals surface area contributed by atoms with Gasteiger partial charge in [0.1, 0.15) is 5.54 Å². The fourth-order valence-electron chi connectivity index (χ4n) is 6.67. The third kappa shape index (κ3) is 2.46. The number of carbonyl (C=O) groups is 3. The number of carbonyl (C=O) groups excluding carboxylic acids is 3. The molecule has 34 heavy (non-hydrogen) atoms. The van der Waals surface area contributed by atoms with Crippen molar-refractivity contribution in [1.29, 1.82) is 0 Å². The summed E-state index contributed by atoms with van der Waals surface area (Å²) in [5.41, 5.74) is 1.98. The van der Waals surface area contributed by atoms with Crippen LogP contribution < -0.4 is 15.4 Å². The molecular formula is C25H25N4O5-. The van der Waals surface area contributed by atoms with Gasteiger partial charge in [-0.25, -0.2) is 4.90 Å². The molecule has 0 unspecified atom stereocenters. The molecule has 3 fully saturated rings. The zero-order valence-electron chi connectivity index (χ0n) is 18.9. The zero-order chi connectivity index (χ0) is 23.9. The molecule has 4 aliphatic rings. The fourth-order valence-corrected chi connectivity index (χ4v) is 6.67. The van der Waals surface area contributed by atoms with E-state index < -0.39 is 23.3 Å². The Kier molecular flexibility index (Phi) is 4.45. The Morgan fingerprint density at radius 3 is 2.71 bits per heavy atom. The minimum Gasteiger partial charge on any atom is -0.733 e. The van der Waals surface area contributed by atoms with Crippen LogP contribution in [0, 0.1) is 24.0 Å². The number of imide groups is 1. The van der Waals surface area contributed by atoms with E-state index in [4.69, 9.17) is 0 Å². The van der Waals surface area contributed by atoms with Crippen molar-refractivity contribution in [3.05, 3.63) is 58.3 Å². The van der Waals surface area contributed by atoms with Gasteiger partial charge in [0, 0.05) is 17.3 Å². The monoisotopic (exact) mass is 461 g/mol. The quantitative estimate of drug-likeness (QED) is 0.533. The molecule has 3 amide bonds. The second-order valence-corrected chi connectivity index (χ2v) is 9.62. The van der Waals surface area contributed by atoms with Crippen LogP contribution in [0.3, 0.4) is 0 Å². The summed E-state index contributed by atoms with van der Waals surface area (Å²) in [6.45, 7) is 4.33. The van der Waals surface area contributed by atoms with Crippen LogP contribution in [0.15, 0.2) is 36.4 Å². The SMILES string of the molecule is CCc1ccc2c(c1)[C@]1(C(=O)N2)[C@@H]2C(=O)N(c3ccc(C)c(N([O-])O)c3)C(=O)[C@@H]2[C@@H]2CCCN21. The summed E-state index contributed by atoms with van der Waals surface area (Å²) in [7, 11) is 0. The first-order chi connectivity index (χ1) is 16.3. The van der Waals surface area contributed by atoms with Gasteiger partial charge in [-0.3, -0.25) is 24.5 Å². The summed E-state index contributed by atoms with van der Waals surface area (Å²) in [4.78, 5) is 44.7. The molecule has 2 N–H and O–H groups in total. The molecular weight excluding hydrogens is 436 g/mol. The molecule has 6 rings (SSSR count). The van der Waals surface area contributed by atoms with Crippen molar-refractivity contribution in [2.45, 2.75) is 44.7 Å². The molecule has 9 nitrogen and oxygen atoms in total. The van der Waals surface area contributed by atoms with Gasteiger partial charge < -0.3 is 15.8 Å². The molecule has 4 heterocycles. The highest BCUT2D eigenvalue weighted by Crippen LogP contribution is 2.60. The molecule has 2 aromatic carbocycles. The Morgan fingerprint density at radius 2 is 1.97 bits per heavy atom. The van der Waals surface area contributed by atoms with Gasteiger partial charge in [0.25, 0.3) is 0 Å². The van der Waals surface area contributed by atoms with Crippen LogP contribution in [0.5, 0.6) is 0 Å². The molecule has 4 atom stereocenters. The first-order valence-electron chi connectivity index (χ1n) is 11.7. The van der Waals surface area contributed by atoms with Gasteiger partial charge in [-0.15, -0.1) is 0 Å². The Hall–Kier alpha value is -3.27. The van der Waals surface area contributed by atoms with Crippen LogP contribution in [0.4, 0.5) is 17.1 Å². The minimum absolute atomic E-state index is 0.0380. The third-order valence-electron chi connectivity index (χ3n) is 8.12. The molecule has 176 valence electrons. The van der Waals surface area contributed by atoms with Crippen molar-refractivity contribution >= 4 is 34.8 Å². The van der Waals surface area contributed by atoms with E-state index in [2.05, 4.69) is 10.2 Å². The summed E-state index contributed by atoms with van der Waals surface area (Å²) in [6.07, 6.45) is 2.36. The number of nitrogens with zero attached hydrogens (tertiary/aromatic N) is 3. The van der Waals surface area contributed by atoms with Crippen molar-refractivity contribution in [2.75, 3.05) is 22.0 Å². The molecule has 0 aliphatic carbocycles. The molecule has 3 saturated heterocycles. The fraction of sp³-hybridized carbons (Fsp3) is 0.400. The summed E-state index contributed by atoms with van der Waals surface area (Å²) < 4.78 is 0. The number of hydrogen-bond acceptors (Lipinski definition) is 7. The molecule has 4 aliphatic heterocycles. The van der Waals surface area contributed by atoms with Gasteiger partial charge in [-0.1, -0.05) is 25.1 Å². The number of aryl methyl sites for hydroxylation is 2. The summed E-state index contributed by atoms with van der Waals surface area (Å²) >= 11 is 0. The topological polar surface area (TPSA) is 116 Å². The van der Waals surface area contributed by atoms with Crippen LogP contribution in [0.2, 0.25) is 0 Å². The Bertz CT molecular complexity index is 1260. The van der Waals surface area contributed by atoms with E-state index in [1.807, 2.05) is 25.1 Å². The maximum atomic E-state index is 14.0. The summed E-state index contributed by atoms with van der Waals surface area (Å²) in [5, 5.41) is 23.8. The number of benzene rings is 2. The van der Waals surface area contributed by atoms with Gasteiger partial charge >= 0.3 is 0 Å². The highest BCUT2D eigenvalue weighted by molar-refractivity contribution is 6.26. The van der Waals surface area contributed by atoms with Crippen LogP contribution in [0.25, 0.3) is 0 Å². The van der Waals surface area contributed by atoms with Crippen molar-refractivity contribution in [3.8, 4) is 0 Å². The number of anilines is 3. The Morgan fingerprint density at radius 1 is 1.18 bits per heavy atom. The molecule has 0 saturated carbocycles. The first kappa shape index (κ1) is 21.3. The second-order valence-electron chi connectivity index (χ2n) is 9.62. The molecule has 0 bridgehead atoms. The second kappa shape index (κ2) is 7.11. The third-order valence-corrected chi connectivity index (χ3v) is 8.12. The molecule has 9 heteroatoms. The van der Waals surface area contributed by atoms with E-state index in [0.717, 1.165) is 35.3 Å². The van der Waals surface area contributed by atoms with E-state index in [1.165, 1.54) is 6.07 Å². The molecule has 0 radical (unpaired) electrons. The highest BCUT2D eigenvalue weighted by atomic mass is 16.8. The average molecular weight is 461 g/mol. The molecule has 1 spiro atoms. The lowest BCUT2D eigenvalue weighted by Crippen LogP contribution is -2.54. The van der Waals surface area contributed by atoms with Crippen molar-refractivity contribution in [3.63, 3.8) is 0 Å². The number of amides is 3. The number of hydrogen-bond donors (Lipinski definition) is 2. The van der Waals surface area contributed by atoms with Gasteiger partial charge in [0.2, 0.25) is 17.7 Å². The van der Waals surface area contributed by atoms with Gasteiger partial charge in [0.05, 0.1) is 23.2 Å². The average Bonchev–Trinajstić information content (AvgIpc) is 3.52. The lowest BCUT2D eigenvalue weighted by atomic mass is 9.75. The van der Waals surface area contributed by atoms with E-state index in [-0.39, 0.29) is 34.5 Å². The van der Waals surface area contributed by atoms with Gasteiger partial charge in [-0.2, -0.15) is 0 Å². The summed E-state index contributed by atoms with van der Waals surface area (Å²) in [6, 6.07) is 10.2. The van der Waals surface area contributed by atoms with E-state index in [1.54, 1.807) is 19.1 Å². The maximum Gasteiger partial charge on any atom is 0.250 e.